The van der Waals surface area contributed by atoms with Crippen molar-refractivity contribution in [3.05, 3.63) is 82.9 Å². The van der Waals surface area contributed by atoms with Crippen molar-refractivity contribution in [3.8, 4) is 6.07 Å². The number of anilines is 2. The molecule has 0 unspecified atom stereocenters. The maximum absolute atomic E-state index is 14.6. The van der Waals surface area contributed by atoms with Crippen molar-refractivity contribution in [1.82, 2.24) is 15.3 Å². The quantitative estimate of drug-likeness (QED) is 0.380. The summed E-state index contributed by atoms with van der Waals surface area (Å²) in [4.78, 5) is 51.5. The third kappa shape index (κ3) is 7.08. The van der Waals surface area contributed by atoms with Gasteiger partial charge in [0.2, 0.25) is 17.8 Å². The van der Waals surface area contributed by atoms with Gasteiger partial charge in [-0.3, -0.25) is 24.2 Å². The first-order chi connectivity index (χ1) is 21.0. The Morgan fingerprint density at radius 2 is 1.87 bits per heavy atom. The van der Waals surface area contributed by atoms with Gasteiger partial charge in [0.15, 0.2) is 0 Å². The number of halogens is 4. The second kappa shape index (κ2) is 13.6. The van der Waals surface area contributed by atoms with Crippen molar-refractivity contribution in [2.75, 3.05) is 9.80 Å². The molecule has 3 amide bonds. The van der Waals surface area contributed by atoms with Crippen LogP contribution < -0.4 is 15.1 Å². The Kier molecular flexibility index (Phi) is 10.1. The van der Waals surface area contributed by atoms with Crippen LogP contribution in [-0.4, -0.2) is 56.9 Å². The molecule has 1 aliphatic heterocycles. The monoisotopic (exact) mass is 642 g/mol. The summed E-state index contributed by atoms with van der Waals surface area (Å²) in [7, 11) is 0. The van der Waals surface area contributed by atoms with E-state index in [1.807, 2.05) is 6.07 Å². The summed E-state index contributed by atoms with van der Waals surface area (Å²) in [5.41, 5.74) is -0.0425. The van der Waals surface area contributed by atoms with Gasteiger partial charge < -0.3 is 10.4 Å². The zero-order chi connectivity index (χ0) is 31.6. The van der Waals surface area contributed by atoms with Gasteiger partial charge in [-0.2, -0.15) is 5.26 Å². The second-order valence-corrected chi connectivity index (χ2v) is 11.0. The minimum Gasteiger partial charge on any atom is -0.383 e. The molecule has 1 aliphatic carbocycles. The van der Waals surface area contributed by atoms with E-state index in [1.165, 1.54) is 36.5 Å². The van der Waals surface area contributed by atoms with E-state index in [0.717, 1.165) is 21.9 Å². The summed E-state index contributed by atoms with van der Waals surface area (Å²) >= 11 is 6.53. The van der Waals surface area contributed by atoms with Gasteiger partial charge in [-0.15, -0.1) is 0 Å². The molecule has 0 radical (unpaired) electrons. The van der Waals surface area contributed by atoms with Gasteiger partial charge in [0.05, 0.1) is 0 Å². The Labute approximate surface area is 262 Å². The number of alkyl halides is 2. The fourth-order valence-electron chi connectivity index (χ4n) is 5.46. The van der Waals surface area contributed by atoms with Crippen LogP contribution in [0.25, 0.3) is 0 Å². The molecule has 0 bridgehead atoms. The number of hydrogen-bond donors (Lipinski definition) is 2. The lowest BCUT2D eigenvalue weighted by Crippen LogP contribution is -2.53. The lowest BCUT2D eigenvalue weighted by Gasteiger charge is -2.36. The molecule has 1 saturated carbocycles. The van der Waals surface area contributed by atoms with Gasteiger partial charge in [0, 0.05) is 47.8 Å². The first-order valence-electron chi connectivity index (χ1n) is 13.7. The molecule has 45 heavy (non-hydrogen) atoms. The highest BCUT2D eigenvalue weighted by molar-refractivity contribution is 6.31. The van der Waals surface area contributed by atoms with Crippen molar-refractivity contribution < 1.29 is 32.7 Å². The maximum Gasteiger partial charge on any atom is 0.259 e. The van der Waals surface area contributed by atoms with Crippen LogP contribution in [0.1, 0.15) is 56.8 Å². The van der Waals surface area contributed by atoms with Gasteiger partial charge >= 0.3 is 0 Å². The number of benzene rings is 2. The van der Waals surface area contributed by atoms with Crippen LogP contribution in [0.3, 0.4) is 0 Å². The molecule has 236 valence electrons. The summed E-state index contributed by atoms with van der Waals surface area (Å²) in [6, 6.07) is 10.4. The van der Waals surface area contributed by atoms with E-state index in [2.05, 4.69) is 15.3 Å². The van der Waals surface area contributed by atoms with Crippen molar-refractivity contribution in [2.45, 2.75) is 69.7 Å². The van der Waals surface area contributed by atoms with Crippen molar-refractivity contribution >= 4 is 41.0 Å². The van der Waals surface area contributed by atoms with Gasteiger partial charge in [-0.1, -0.05) is 43.3 Å². The molecule has 2 aliphatic rings. The van der Waals surface area contributed by atoms with Crippen LogP contribution >= 0.6 is 11.6 Å². The molecule has 1 aromatic heterocycles. The number of nitrogens with one attached hydrogen (secondary N) is 1. The topological polar surface area (TPSA) is 140 Å². The Balaban J connectivity index is 0.00000461. The van der Waals surface area contributed by atoms with Crippen LogP contribution in [0.5, 0.6) is 0 Å². The SMILES string of the molecule is C.N#Cc1ccnc(N2C(=O)[C@H](O)C[C@H]2C(=O)N(c2cccc(F)c2)[C@H](C(=O)NC2CCC(F)(F)CC2)c2ccccc2Cl)n1. The molecule has 2 heterocycles. The molecule has 2 fully saturated rings. The Morgan fingerprint density at radius 3 is 2.53 bits per heavy atom. The van der Waals surface area contributed by atoms with Crippen LogP contribution in [0.2, 0.25) is 5.02 Å². The second-order valence-electron chi connectivity index (χ2n) is 10.6. The fourth-order valence-corrected chi connectivity index (χ4v) is 5.70. The van der Waals surface area contributed by atoms with Crippen LogP contribution in [-0.2, 0) is 14.4 Å². The zero-order valence-corrected chi connectivity index (χ0v) is 23.8. The number of aliphatic hydroxyl groups is 1. The third-order valence-corrected chi connectivity index (χ3v) is 7.98. The lowest BCUT2D eigenvalue weighted by atomic mass is 9.91. The first-order valence-corrected chi connectivity index (χ1v) is 14.1. The number of aromatic nitrogens is 2. The van der Waals surface area contributed by atoms with E-state index in [4.69, 9.17) is 11.6 Å². The number of nitriles is 1. The fraction of sp³-hybridized carbons (Fsp3) is 0.355. The van der Waals surface area contributed by atoms with Gasteiger partial charge in [-0.25, -0.2) is 23.1 Å². The van der Waals surface area contributed by atoms with E-state index in [9.17, 15) is 37.9 Å². The average Bonchev–Trinajstić information content (AvgIpc) is 3.30. The minimum atomic E-state index is -2.85. The lowest BCUT2D eigenvalue weighted by molar-refractivity contribution is -0.128. The van der Waals surface area contributed by atoms with Gasteiger partial charge in [0.25, 0.3) is 11.8 Å². The minimum absolute atomic E-state index is 0. The van der Waals surface area contributed by atoms with Crippen molar-refractivity contribution in [3.63, 3.8) is 0 Å². The highest BCUT2D eigenvalue weighted by Crippen LogP contribution is 2.37. The number of hydrogen-bond acceptors (Lipinski definition) is 7. The van der Waals surface area contributed by atoms with Crippen LogP contribution in [0.15, 0.2) is 60.8 Å². The molecular weight excluding hydrogens is 613 g/mol. The standard InChI is InChI=1S/C30H26ClF3N6O4.CH4/c31-22-7-2-1-6-21(22)25(26(42)37-18-8-11-30(33,34)12-9-18)39(20-5-3-4-17(32)14-20)27(43)23-15-24(41)28(44)40(23)29-36-13-10-19(16-35)38-29;/h1-7,10,13-14,18,23-25,41H,8-9,11-12,15H2,(H,37,42);1H4/t23-,24+,25-;/m0./s1. The molecular formula is C31H30ClF3N6O4. The predicted molar refractivity (Wildman–Crippen MR) is 159 cm³/mol. The number of carbonyl (C=O) groups excluding carboxylic acids is 3. The number of rotatable bonds is 7. The molecule has 3 atom stereocenters. The van der Waals surface area contributed by atoms with Crippen molar-refractivity contribution in [1.29, 1.82) is 5.26 Å². The smallest absolute Gasteiger partial charge is 0.259 e. The van der Waals surface area contributed by atoms with Gasteiger partial charge in [0.1, 0.15) is 35.8 Å². The van der Waals surface area contributed by atoms with Gasteiger partial charge in [-0.05, 0) is 43.2 Å². The normalized spacial score (nSPS) is 20.1. The molecule has 14 heteroatoms. The third-order valence-electron chi connectivity index (χ3n) is 7.63. The van der Waals surface area contributed by atoms with E-state index in [0.29, 0.717) is 0 Å². The zero-order valence-electron chi connectivity index (χ0n) is 23.0. The Hall–Kier alpha value is -4.54. The molecule has 2 N–H and O–H groups in total. The number of aliphatic hydroxyl groups excluding tert-OH is 1. The highest BCUT2D eigenvalue weighted by Gasteiger charge is 2.49. The number of nitrogens with zero attached hydrogens (tertiary/aromatic N) is 5. The van der Waals surface area contributed by atoms with E-state index < -0.39 is 73.0 Å². The summed E-state index contributed by atoms with van der Waals surface area (Å²) in [6.45, 7) is 0. The summed E-state index contributed by atoms with van der Waals surface area (Å²) in [5.74, 6) is -6.52. The molecule has 0 spiro atoms. The summed E-state index contributed by atoms with van der Waals surface area (Å²) < 4.78 is 42.3. The first kappa shape index (κ1) is 33.4. The van der Waals surface area contributed by atoms with Crippen LogP contribution in [0, 0.1) is 17.1 Å². The number of carbonyl (C=O) groups is 3. The van der Waals surface area contributed by atoms with Crippen LogP contribution in [0.4, 0.5) is 24.8 Å². The van der Waals surface area contributed by atoms with E-state index >= 15 is 0 Å². The summed E-state index contributed by atoms with van der Waals surface area (Å²) in [5, 5.41) is 22.7. The molecule has 1 saturated heterocycles. The molecule has 5 rings (SSSR count). The molecule has 2 aromatic carbocycles. The van der Waals surface area contributed by atoms with E-state index in [-0.39, 0.29) is 48.2 Å². The predicted octanol–water partition coefficient (Wildman–Crippen LogP) is 4.71. The molecule has 10 nitrogen and oxygen atoms in total. The van der Waals surface area contributed by atoms with E-state index in [1.54, 1.807) is 12.1 Å². The van der Waals surface area contributed by atoms with Crippen molar-refractivity contribution in [2.24, 2.45) is 0 Å². The Bertz CT molecular complexity index is 1630. The molecule has 3 aromatic rings. The summed E-state index contributed by atoms with van der Waals surface area (Å²) in [6.07, 6.45) is -1.75. The largest absolute Gasteiger partial charge is 0.383 e. The Morgan fingerprint density at radius 1 is 1.16 bits per heavy atom. The average molecular weight is 643 g/mol. The maximum atomic E-state index is 14.6. The number of amides is 3. The highest BCUT2D eigenvalue weighted by atomic mass is 35.5.